The van der Waals surface area contributed by atoms with Gasteiger partial charge in [-0.1, -0.05) is 25.1 Å². The van der Waals surface area contributed by atoms with Crippen molar-refractivity contribution in [1.82, 2.24) is 0 Å². The van der Waals surface area contributed by atoms with Gasteiger partial charge in [0.15, 0.2) is 0 Å². The van der Waals surface area contributed by atoms with Gasteiger partial charge < -0.3 is 10.1 Å². The maximum Gasteiger partial charge on any atom is 0.341 e. The second-order valence-electron chi connectivity index (χ2n) is 6.96. The molecule has 1 aromatic heterocycles. The van der Waals surface area contributed by atoms with Crippen LogP contribution in [0.5, 0.6) is 0 Å². The molecule has 1 heterocycles. The number of amides is 2. The number of carbonyl (C=O) groups excluding carboxylic acids is 2. The van der Waals surface area contributed by atoms with Crippen LogP contribution in [0.4, 0.5) is 15.5 Å². The Balaban J connectivity index is 1.85. The molecule has 26 heavy (non-hydrogen) atoms. The highest BCUT2D eigenvalue weighted by atomic mass is 32.1. The molecule has 1 aliphatic rings. The molecule has 0 aliphatic heterocycles. The van der Waals surface area contributed by atoms with E-state index in [1.807, 2.05) is 44.2 Å². The lowest BCUT2D eigenvalue weighted by atomic mass is 9.88. The fourth-order valence-corrected chi connectivity index (χ4v) is 4.51. The number of thiophene rings is 1. The number of urea groups is 1. The Labute approximate surface area is 157 Å². The van der Waals surface area contributed by atoms with Crippen molar-refractivity contribution < 1.29 is 14.3 Å². The highest BCUT2D eigenvalue weighted by Crippen LogP contribution is 2.40. The molecule has 138 valence electrons. The minimum absolute atomic E-state index is 0.202. The van der Waals surface area contributed by atoms with Gasteiger partial charge in [0, 0.05) is 10.6 Å². The zero-order valence-corrected chi connectivity index (χ0v) is 16.1. The van der Waals surface area contributed by atoms with Gasteiger partial charge in [-0.25, -0.2) is 9.59 Å². The zero-order chi connectivity index (χ0) is 18.7. The topological polar surface area (TPSA) is 67.4 Å². The normalized spacial score (nSPS) is 16.1. The molecule has 0 unspecified atom stereocenters. The molecule has 2 amide bonds. The Kier molecular flexibility index (Phi) is 5.61. The first-order valence-electron chi connectivity index (χ1n) is 8.92. The highest BCUT2D eigenvalue weighted by Gasteiger charge is 2.29. The summed E-state index contributed by atoms with van der Waals surface area (Å²) in [4.78, 5) is 26.2. The number of carbonyl (C=O) groups is 2. The second-order valence-corrected chi connectivity index (χ2v) is 8.06. The highest BCUT2D eigenvalue weighted by molar-refractivity contribution is 7.17. The summed E-state index contributed by atoms with van der Waals surface area (Å²) in [5, 5.41) is 6.22. The van der Waals surface area contributed by atoms with Crippen molar-refractivity contribution in [1.29, 1.82) is 0 Å². The predicted molar refractivity (Wildman–Crippen MR) is 105 cm³/mol. The van der Waals surface area contributed by atoms with Crippen molar-refractivity contribution in [3.8, 4) is 0 Å². The van der Waals surface area contributed by atoms with Crippen LogP contribution in [-0.4, -0.2) is 18.1 Å². The fourth-order valence-electron chi connectivity index (χ4n) is 3.11. The summed E-state index contributed by atoms with van der Waals surface area (Å²) in [6.07, 6.45) is 2.62. The van der Waals surface area contributed by atoms with Gasteiger partial charge in [0.1, 0.15) is 5.00 Å². The number of rotatable bonds is 4. The van der Waals surface area contributed by atoms with Crippen LogP contribution in [0.3, 0.4) is 0 Å². The molecule has 0 saturated heterocycles. The fraction of sp³-hybridized carbons (Fsp3) is 0.400. The molecule has 6 heteroatoms. The van der Waals surface area contributed by atoms with Gasteiger partial charge in [-0.2, -0.15) is 0 Å². The number of para-hydroxylation sites is 1. The van der Waals surface area contributed by atoms with E-state index in [1.54, 1.807) is 0 Å². The van der Waals surface area contributed by atoms with E-state index in [0.29, 0.717) is 22.2 Å². The van der Waals surface area contributed by atoms with Gasteiger partial charge in [-0.15, -0.1) is 11.3 Å². The summed E-state index contributed by atoms with van der Waals surface area (Å²) >= 11 is 1.49. The number of anilines is 2. The van der Waals surface area contributed by atoms with E-state index in [4.69, 9.17) is 4.74 Å². The minimum atomic E-state index is -0.360. The van der Waals surface area contributed by atoms with Gasteiger partial charge in [-0.3, -0.25) is 5.32 Å². The van der Waals surface area contributed by atoms with E-state index in [1.165, 1.54) is 16.2 Å². The first kappa shape index (κ1) is 18.5. The number of fused-ring (bicyclic) bond motifs is 1. The zero-order valence-electron chi connectivity index (χ0n) is 15.3. The van der Waals surface area contributed by atoms with E-state index in [2.05, 4.69) is 17.6 Å². The van der Waals surface area contributed by atoms with Crippen LogP contribution in [0.15, 0.2) is 30.3 Å². The molecule has 0 bridgehead atoms. The largest absolute Gasteiger partial charge is 0.459 e. The molecular formula is C20H24N2O3S. The maximum absolute atomic E-state index is 12.6. The number of ether oxygens (including phenoxy) is 1. The third-order valence-corrected chi connectivity index (χ3v) is 5.49. The summed E-state index contributed by atoms with van der Waals surface area (Å²) in [5.41, 5.74) is 2.26. The third kappa shape index (κ3) is 4.25. The van der Waals surface area contributed by atoms with Gasteiger partial charge >= 0.3 is 12.0 Å². The van der Waals surface area contributed by atoms with E-state index in [9.17, 15) is 9.59 Å². The van der Waals surface area contributed by atoms with Crippen LogP contribution in [-0.2, 0) is 17.6 Å². The quantitative estimate of drug-likeness (QED) is 0.735. The van der Waals surface area contributed by atoms with Gasteiger partial charge in [-0.05, 0) is 56.7 Å². The molecule has 1 aliphatic carbocycles. The Bertz CT molecular complexity index is 799. The summed E-state index contributed by atoms with van der Waals surface area (Å²) in [6, 6.07) is 8.86. The van der Waals surface area contributed by atoms with E-state index < -0.39 is 0 Å². The second kappa shape index (κ2) is 7.91. The standard InChI is InChI=1S/C20H24N2O3S/c1-12(2)25-19(23)17-15-10-9-13(3)11-16(15)26-18(17)22-20(24)21-14-7-5-4-6-8-14/h4-8,12-13H,9-11H2,1-3H3,(H2,21,22,24)/t13-/m1/s1. The number of hydrogen-bond acceptors (Lipinski definition) is 4. The minimum Gasteiger partial charge on any atom is -0.459 e. The van der Waals surface area contributed by atoms with Crippen LogP contribution in [0.2, 0.25) is 0 Å². The maximum atomic E-state index is 12.6. The Hall–Kier alpha value is -2.34. The smallest absolute Gasteiger partial charge is 0.341 e. The van der Waals surface area contributed by atoms with Crippen molar-refractivity contribution in [2.75, 3.05) is 10.6 Å². The van der Waals surface area contributed by atoms with Gasteiger partial charge in [0.05, 0.1) is 11.7 Å². The van der Waals surface area contributed by atoms with Crippen LogP contribution in [0, 0.1) is 5.92 Å². The molecule has 1 atom stereocenters. The number of nitrogens with one attached hydrogen (secondary N) is 2. The average molecular weight is 372 g/mol. The number of benzene rings is 1. The molecular weight excluding hydrogens is 348 g/mol. The van der Waals surface area contributed by atoms with E-state index in [0.717, 1.165) is 24.8 Å². The van der Waals surface area contributed by atoms with Gasteiger partial charge in [0.25, 0.3) is 0 Å². The van der Waals surface area contributed by atoms with Crippen molar-refractivity contribution >= 4 is 34.0 Å². The monoisotopic (exact) mass is 372 g/mol. The first-order chi connectivity index (χ1) is 12.4. The van der Waals surface area contributed by atoms with E-state index in [-0.39, 0.29) is 18.1 Å². The molecule has 0 radical (unpaired) electrons. The third-order valence-electron chi connectivity index (χ3n) is 4.32. The number of hydrogen-bond donors (Lipinski definition) is 2. The van der Waals surface area contributed by atoms with E-state index >= 15 is 0 Å². The lowest BCUT2D eigenvalue weighted by Gasteiger charge is -2.18. The van der Waals surface area contributed by atoms with Crippen LogP contribution >= 0.6 is 11.3 Å². The van der Waals surface area contributed by atoms with Crippen LogP contribution in [0.25, 0.3) is 0 Å². The molecule has 5 nitrogen and oxygen atoms in total. The SMILES string of the molecule is CC(C)OC(=O)c1c(NC(=O)Nc2ccccc2)sc2c1CC[C@@H](C)C2. The van der Waals surface area contributed by atoms with Crippen LogP contribution in [0.1, 0.15) is 48.0 Å². The summed E-state index contributed by atoms with van der Waals surface area (Å²) in [5.74, 6) is 0.225. The van der Waals surface area contributed by atoms with Crippen molar-refractivity contribution in [2.45, 2.75) is 46.1 Å². The molecule has 2 N–H and O–H groups in total. The Morgan fingerprint density at radius 1 is 1.19 bits per heavy atom. The molecule has 2 aromatic rings. The summed E-state index contributed by atoms with van der Waals surface area (Å²) in [6.45, 7) is 5.87. The molecule has 0 fully saturated rings. The van der Waals surface area contributed by atoms with Crippen molar-refractivity contribution in [3.05, 3.63) is 46.3 Å². The predicted octanol–water partition coefficient (Wildman–Crippen LogP) is 5.08. The van der Waals surface area contributed by atoms with Crippen LogP contribution < -0.4 is 10.6 Å². The summed E-state index contributed by atoms with van der Waals surface area (Å²) < 4.78 is 5.42. The molecule has 1 aromatic carbocycles. The first-order valence-corrected chi connectivity index (χ1v) is 9.74. The average Bonchev–Trinajstić information content (AvgIpc) is 2.91. The lowest BCUT2D eigenvalue weighted by Crippen LogP contribution is -2.21. The Morgan fingerprint density at radius 3 is 2.62 bits per heavy atom. The van der Waals surface area contributed by atoms with Gasteiger partial charge in [0.2, 0.25) is 0 Å². The molecule has 0 saturated carbocycles. The lowest BCUT2D eigenvalue weighted by molar-refractivity contribution is 0.0378. The molecule has 3 rings (SSSR count). The van der Waals surface area contributed by atoms with Crippen molar-refractivity contribution in [3.63, 3.8) is 0 Å². The van der Waals surface area contributed by atoms with Crippen molar-refractivity contribution in [2.24, 2.45) is 5.92 Å². The molecule has 0 spiro atoms. The summed E-state index contributed by atoms with van der Waals surface area (Å²) in [7, 11) is 0. The Morgan fingerprint density at radius 2 is 1.92 bits per heavy atom. The number of esters is 1.